The average molecular weight is 307 g/mol. The van der Waals surface area contributed by atoms with E-state index in [4.69, 9.17) is 0 Å². The Morgan fingerprint density at radius 3 is 2.38 bits per heavy atom. The van der Waals surface area contributed by atoms with Crippen molar-refractivity contribution in [2.75, 3.05) is 19.6 Å². The van der Waals surface area contributed by atoms with Crippen molar-refractivity contribution in [3.63, 3.8) is 0 Å². The van der Waals surface area contributed by atoms with Gasteiger partial charge in [0.2, 0.25) is 13.8 Å². The van der Waals surface area contributed by atoms with Gasteiger partial charge in [-0.25, -0.2) is 13.4 Å². The number of hydrogen-bond acceptors (Lipinski definition) is 4. The SMILES string of the molecule is O=S1(=O)C(CN2CCCCCC2)=CN=C1Br. The van der Waals surface area contributed by atoms with E-state index in [0.717, 1.165) is 25.9 Å². The third kappa shape index (κ3) is 2.55. The van der Waals surface area contributed by atoms with Crippen molar-refractivity contribution in [2.24, 2.45) is 4.99 Å². The van der Waals surface area contributed by atoms with Crippen LogP contribution in [0.2, 0.25) is 0 Å². The normalized spacial score (nSPS) is 26.1. The topological polar surface area (TPSA) is 49.7 Å². The second-order valence-electron chi connectivity index (χ2n) is 4.17. The van der Waals surface area contributed by atoms with Gasteiger partial charge in [-0.3, -0.25) is 4.90 Å². The fraction of sp³-hybridized carbons (Fsp3) is 0.700. The fourth-order valence-corrected chi connectivity index (χ4v) is 3.69. The molecule has 0 aromatic carbocycles. The summed E-state index contributed by atoms with van der Waals surface area (Å²) in [5, 5.41) is 0. The van der Waals surface area contributed by atoms with Crippen LogP contribution in [0.5, 0.6) is 0 Å². The highest BCUT2D eigenvalue weighted by atomic mass is 79.9. The first kappa shape index (κ1) is 12.3. The molecule has 0 bridgehead atoms. The number of nitrogens with zero attached hydrogens (tertiary/aromatic N) is 2. The van der Waals surface area contributed by atoms with E-state index < -0.39 is 9.84 Å². The van der Waals surface area contributed by atoms with E-state index in [1.807, 2.05) is 0 Å². The van der Waals surface area contributed by atoms with Crippen LogP contribution in [0.25, 0.3) is 0 Å². The van der Waals surface area contributed by atoms with Crippen LogP contribution in [0.4, 0.5) is 0 Å². The van der Waals surface area contributed by atoms with Crippen molar-refractivity contribution < 1.29 is 8.42 Å². The highest BCUT2D eigenvalue weighted by Crippen LogP contribution is 2.22. The van der Waals surface area contributed by atoms with E-state index in [1.54, 1.807) is 0 Å². The first-order valence-electron chi connectivity index (χ1n) is 5.50. The molecule has 0 saturated carbocycles. The van der Waals surface area contributed by atoms with E-state index in [0.29, 0.717) is 11.4 Å². The van der Waals surface area contributed by atoms with Gasteiger partial charge >= 0.3 is 0 Å². The predicted molar refractivity (Wildman–Crippen MR) is 68.3 cm³/mol. The number of sulfone groups is 1. The van der Waals surface area contributed by atoms with Gasteiger partial charge in [-0.05, 0) is 41.9 Å². The van der Waals surface area contributed by atoms with E-state index >= 15 is 0 Å². The van der Waals surface area contributed by atoms with Crippen LogP contribution in [-0.4, -0.2) is 36.9 Å². The van der Waals surface area contributed by atoms with Crippen molar-refractivity contribution >= 4 is 29.7 Å². The molecular weight excluding hydrogens is 292 g/mol. The number of rotatable bonds is 2. The molecule has 1 fully saturated rings. The molecule has 2 aliphatic rings. The standard InChI is InChI=1S/C10H15BrN2O2S/c11-10-12-7-9(16(10,14)15)8-13-5-3-1-2-4-6-13/h7H,1-6,8H2. The molecule has 0 N–H and O–H groups in total. The minimum atomic E-state index is -3.29. The van der Waals surface area contributed by atoms with Gasteiger partial charge in [0.15, 0.2) is 0 Å². The third-order valence-corrected chi connectivity index (χ3v) is 5.91. The summed E-state index contributed by atoms with van der Waals surface area (Å²) in [6.07, 6.45) is 6.29. The summed E-state index contributed by atoms with van der Waals surface area (Å²) in [4.78, 5) is 6.44. The van der Waals surface area contributed by atoms with Crippen LogP contribution in [0, 0.1) is 0 Å². The Kier molecular flexibility index (Phi) is 3.81. The van der Waals surface area contributed by atoms with Crippen molar-refractivity contribution in [3.8, 4) is 0 Å². The molecule has 0 amide bonds. The molecule has 2 heterocycles. The molecule has 0 unspecified atom stereocenters. The lowest BCUT2D eigenvalue weighted by Gasteiger charge is -2.19. The monoisotopic (exact) mass is 306 g/mol. The molecule has 4 nitrogen and oxygen atoms in total. The summed E-state index contributed by atoms with van der Waals surface area (Å²) < 4.78 is 23.6. The Bertz CT molecular complexity index is 420. The van der Waals surface area contributed by atoms with Crippen molar-refractivity contribution in [2.45, 2.75) is 25.7 Å². The number of likely N-dealkylation sites (tertiary alicyclic amines) is 1. The van der Waals surface area contributed by atoms with Gasteiger partial charge in [0.05, 0.1) is 4.91 Å². The molecule has 0 spiro atoms. The molecule has 0 aromatic heterocycles. The average Bonchev–Trinajstić information content (AvgIpc) is 2.50. The summed E-state index contributed by atoms with van der Waals surface area (Å²) in [6.45, 7) is 2.48. The van der Waals surface area contributed by atoms with E-state index in [-0.39, 0.29) is 3.95 Å². The molecule has 1 saturated heterocycles. The van der Waals surface area contributed by atoms with Crippen LogP contribution in [-0.2, 0) is 9.84 Å². The summed E-state index contributed by atoms with van der Waals surface area (Å²) in [5.41, 5.74) is 0. The zero-order valence-corrected chi connectivity index (χ0v) is 11.4. The molecular formula is C10H15BrN2O2S. The molecule has 0 aromatic rings. The summed E-state index contributed by atoms with van der Waals surface area (Å²) in [5.74, 6) is 0. The van der Waals surface area contributed by atoms with Gasteiger partial charge in [-0.15, -0.1) is 0 Å². The number of halogens is 1. The van der Waals surface area contributed by atoms with Crippen LogP contribution in [0.1, 0.15) is 25.7 Å². The fourth-order valence-electron chi connectivity index (χ4n) is 2.01. The zero-order chi connectivity index (χ0) is 11.6. The minimum Gasteiger partial charge on any atom is -0.298 e. The van der Waals surface area contributed by atoms with Crippen LogP contribution in [0.15, 0.2) is 16.1 Å². The zero-order valence-electron chi connectivity index (χ0n) is 9.02. The summed E-state index contributed by atoms with van der Waals surface area (Å²) >= 11 is 2.97. The number of aliphatic imine (C=N–C) groups is 1. The molecule has 16 heavy (non-hydrogen) atoms. The third-order valence-electron chi connectivity index (χ3n) is 2.96. The highest BCUT2D eigenvalue weighted by Gasteiger charge is 2.29. The predicted octanol–water partition coefficient (Wildman–Crippen LogP) is 1.88. The maximum Gasteiger partial charge on any atom is 0.229 e. The molecule has 90 valence electrons. The van der Waals surface area contributed by atoms with Crippen molar-refractivity contribution in [1.82, 2.24) is 4.90 Å². The molecule has 0 aliphatic carbocycles. The van der Waals surface area contributed by atoms with E-state index in [1.165, 1.54) is 19.0 Å². The Hall–Kier alpha value is -0.200. The van der Waals surface area contributed by atoms with E-state index in [9.17, 15) is 8.42 Å². The number of hydrogen-bond donors (Lipinski definition) is 0. The first-order chi connectivity index (χ1) is 7.60. The lowest BCUT2D eigenvalue weighted by molar-refractivity contribution is 0.313. The molecule has 0 atom stereocenters. The second-order valence-corrected chi connectivity index (χ2v) is 7.37. The Labute approximate surface area is 104 Å². The van der Waals surface area contributed by atoms with E-state index in [2.05, 4.69) is 25.8 Å². The maximum absolute atomic E-state index is 11.8. The van der Waals surface area contributed by atoms with Gasteiger partial charge in [0, 0.05) is 12.7 Å². The largest absolute Gasteiger partial charge is 0.298 e. The van der Waals surface area contributed by atoms with Crippen LogP contribution >= 0.6 is 15.9 Å². The maximum atomic E-state index is 11.8. The Morgan fingerprint density at radius 2 is 1.88 bits per heavy atom. The van der Waals surface area contributed by atoms with Gasteiger partial charge < -0.3 is 0 Å². The van der Waals surface area contributed by atoms with Gasteiger partial charge in [0.25, 0.3) is 0 Å². The van der Waals surface area contributed by atoms with Crippen LogP contribution < -0.4 is 0 Å². The van der Waals surface area contributed by atoms with Gasteiger partial charge in [-0.1, -0.05) is 12.8 Å². The van der Waals surface area contributed by atoms with Gasteiger partial charge in [-0.2, -0.15) is 0 Å². The van der Waals surface area contributed by atoms with Crippen molar-refractivity contribution in [3.05, 3.63) is 11.1 Å². The highest BCUT2D eigenvalue weighted by molar-refractivity contribution is 9.21. The first-order valence-corrected chi connectivity index (χ1v) is 7.78. The smallest absolute Gasteiger partial charge is 0.229 e. The summed E-state index contributed by atoms with van der Waals surface area (Å²) in [7, 11) is -3.29. The Balaban J connectivity index is 2.01. The van der Waals surface area contributed by atoms with Crippen LogP contribution in [0.3, 0.4) is 0 Å². The van der Waals surface area contributed by atoms with Gasteiger partial charge in [0.1, 0.15) is 0 Å². The molecule has 2 aliphatic heterocycles. The lowest BCUT2D eigenvalue weighted by atomic mass is 10.2. The molecule has 0 radical (unpaired) electrons. The lowest BCUT2D eigenvalue weighted by Crippen LogP contribution is -2.29. The van der Waals surface area contributed by atoms with Crippen molar-refractivity contribution in [1.29, 1.82) is 0 Å². The molecule has 6 heteroatoms. The quantitative estimate of drug-likeness (QED) is 0.783. The second kappa shape index (κ2) is 4.98. The minimum absolute atomic E-state index is 0.0461. The Morgan fingerprint density at radius 1 is 1.25 bits per heavy atom. The summed E-state index contributed by atoms with van der Waals surface area (Å²) in [6, 6.07) is 0. The molecule has 2 rings (SSSR count).